The minimum Gasteiger partial charge on any atom is -0.338 e. The third kappa shape index (κ3) is 5.16. The van der Waals surface area contributed by atoms with Crippen LogP contribution in [0.1, 0.15) is 31.2 Å². The number of hydrogen-bond acceptors (Lipinski definition) is 2. The number of urea groups is 1. The Hall–Kier alpha value is -1.36. The first-order valence-corrected chi connectivity index (χ1v) is 9.16. The summed E-state index contributed by atoms with van der Waals surface area (Å²) < 4.78 is 11.1. The Balaban J connectivity index is 1.62. The lowest BCUT2D eigenvalue weighted by Gasteiger charge is -2.35. The monoisotopic (exact) mass is 308 g/mol. The van der Waals surface area contributed by atoms with E-state index in [0.717, 1.165) is 19.4 Å². The van der Waals surface area contributed by atoms with Crippen molar-refractivity contribution in [1.82, 2.24) is 10.6 Å². The van der Waals surface area contributed by atoms with Gasteiger partial charge in [-0.05, 0) is 37.2 Å². The molecule has 2 amide bonds. The van der Waals surface area contributed by atoms with Crippen molar-refractivity contribution >= 4 is 16.8 Å². The van der Waals surface area contributed by atoms with Gasteiger partial charge in [-0.2, -0.15) is 0 Å². The van der Waals surface area contributed by atoms with Crippen molar-refractivity contribution in [3.63, 3.8) is 0 Å². The second-order valence-corrected chi connectivity index (χ2v) is 7.42. The highest BCUT2D eigenvalue weighted by Gasteiger charge is 2.30. The molecule has 0 bridgehead atoms. The van der Waals surface area contributed by atoms with Gasteiger partial charge in [-0.3, -0.25) is 4.21 Å². The average molecular weight is 308 g/mol. The van der Waals surface area contributed by atoms with Crippen LogP contribution >= 0.6 is 0 Å². The van der Waals surface area contributed by atoms with Crippen LogP contribution in [-0.4, -0.2) is 34.8 Å². The van der Waals surface area contributed by atoms with Crippen LogP contribution in [0.25, 0.3) is 0 Å². The Morgan fingerprint density at radius 3 is 2.62 bits per heavy atom. The van der Waals surface area contributed by atoms with Crippen molar-refractivity contribution in [2.24, 2.45) is 5.92 Å². The van der Waals surface area contributed by atoms with Crippen molar-refractivity contribution < 1.29 is 9.00 Å². The van der Waals surface area contributed by atoms with Gasteiger partial charge in [0.15, 0.2) is 0 Å². The topological polar surface area (TPSA) is 58.2 Å². The van der Waals surface area contributed by atoms with Crippen molar-refractivity contribution in [3.8, 4) is 0 Å². The fourth-order valence-corrected chi connectivity index (χ4v) is 3.59. The highest BCUT2D eigenvalue weighted by atomic mass is 32.2. The van der Waals surface area contributed by atoms with E-state index in [4.69, 9.17) is 0 Å². The van der Waals surface area contributed by atoms with Gasteiger partial charge in [0.05, 0.1) is 0 Å². The van der Waals surface area contributed by atoms with Gasteiger partial charge >= 0.3 is 6.03 Å². The Kier molecular flexibility index (Phi) is 5.79. The minimum atomic E-state index is -0.884. The molecule has 1 saturated carbocycles. The summed E-state index contributed by atoms with van der Waals surface area (Å²) in [5.74, 6) is 1.70. The quantitative estimate of drug-likeness (QED) is 0.847. The summed E-state index contributed by atoms with van der Waals surface area (Å²) >= 11 is 0. The average Bonchev–Trinajstić information content (AvgIpc) is 2.36. The fourth-order valence-electron chi connectivity index (χ4n) is 2.81. The molecular weight excluding hydrogens is 284 g/mol. The molecule has 1 aliphatic rings. The van der Waals surface area contributed by atoms with Gasteiger partial charge in [0.2, 0.25) is 0 Å². The summed E-state index contributed by atoms with van der Waals surface area (Å²) in [5.41, 5.74) is 1.40. The van der Waals surface area contributed by atoms with Crippen molar-refractivity contribution in [3.05, 3.63) is 35.9 Å². The zero-order valence-electron chi connectivity index (χ0n) is 12.7. The van der Waals surface area contributed by atoms with E-state index in [-0.39, 0.29) is 12.1 Å². The maximum absolute atomic E-state index is 11.7. The first-order valence-electron chi connectivity index (χ1n) is 7.44. The zero-order chi connectivity index (χ0) is 15.2. The van der Waals surface area contributed by atoms with Gasteiger partial charge in [-0.1, -0.05) is 30.3 Å². The molecular formula is C16H24N2O2S. The zero-order valence-corrected chi connectivity index (χ0v) is 13.5. The van der Waals surface area contributed by atoms with Crippen LogP contribution < -0.4 is 10.6 Å². The standard InChI is InChI=1S/C16H24N2O2S/c1-12(11-21(2)20)18-16(19)17-10-13-8-15(9-13)14-6-4-3-5-7-14/h3-7,12-13,15H,8-11H2,1-2H3,(H2,17,18,19). The molecule has 0 heterocycles. The predicted molar refractivity (Wildman–Crippen MR) is 86.8 cm³/mol. The van der Waals surface area contributed by atoms with Crippen LogP contribution in [0.3, 0.4) is 0 Å². The van der Waals surface area contributed by atoms with Gasteiger partial charge in [0.1, 0.15) is 0 Å². The normalized spacial score (nSPS) is 23.7. The van der Waals surface area contributed by atoms with E-state index in [2.05, 4.69) is 34.9 Å². The molecule has 1 aromatic rings. The molecule has 0 radical (unpaired) electrons. The second-order valence-electron chi connectivity index (χ2n) is 5.94. The van der Waals surface area contributed by atoms with Gasteiger partial charge in [-0.15, -0.1) is 0 Å². The third-order valence-corrected chi connectivity index (χ3v) is 4.89. The number of rotatable bonds is 6. The first kappa shape index (κ1) is 16.0. The molecule has 2 rings (SSSR count). The van der Waals surface area contributed by atoms with Gasteiger partial charge in [-0.25, -0.2) is 4.79 Å². The highest BCUT2D eigenvalue weighted by molar-refractivity contribution is 7.84. The summed E-state index contributed by atoms with van der Waals surface area (Å²) in [6.07, 6.45) is 3.92. The summed E-state index contributed by atoms with van der Waals surface area (Å²) in [4.78, 5) is 11.7. The molecule has 1 fully saturated rings. The number of nitrogens with one attached hydrogen (secondary N) is 2. The van der Waals surface area contributed by atoms with E-state index in [9.17, 15) is 9.00 Å². The van der Waals surface area contributed by atoms with Crippen LogP contribution in [-0.2, 0) is 10.8 Å². The molecule has 0 aromatic heterocycles. The van der Waals surface area contributed by atoms with Gasteiger partial charge in [0.25, 0.3) is 0 Å². The maximum Gasteiger partial charge on any atom is 0.315 e. The van der Waals surface area contributed by atoms with Gasteiger partial charge < -0.3 is 10.6 Å². The van der Waals surface area contributed by atoms with E-state index in [1.54, 1.807) is 6.26 Å². The van der Waals surface area contributed by atoms with E-state index < -0.39 is 10.8 Å². The molecule has 0 spiro atoms. The summed E-state index contributed by atoms with van der Waals surface area (Å²) in [7, 11) is -0.884. The second kappa shape index (κ2) is 7.59. The maximum atomic E-state index is 11.7. The summed E-state index contributed by atoms with van der Waals surface area (Å²) in [5, 5.41) is 5.73. The van der Waals surface area contributed by atoms with E-state index in [0.29, 0.717) is 17.6 Å². The molecule has 2 unspecified atom stereocenters. The minimum absolute atomic E-state index is 0.0608. The molecule has 2 atom stereocenters. The van der Waals surface area contributed by atoms with E-state index in [1.807, 2.05) is 13.0 Å². The van der Waals surface area contributed by atoms with Crippen LogP contribution in [0.5, 0.6) is 0 Å². The number of hydrogen-bond donors (Lipinski definition) is 2. The first-order chi connectivity index (χ1) is 10.0. The molecule has 0 saturated heterocycles. The van der Waals surface area contributed by atoms with E-state index in [1.165, 1.54) is 5.56 Å². The lowest BCUT2D eigenvalue weighted by atomic mass is 9.71. The molecule has 1 aromatic carbocycles. The SMILES string of the molecule is CC(CS(C)=O)NC(=O)NCC1CC(c2ccccc2)C1. The highest BCUT2D eigenvalue weighted by Crippen LogP contribution is 2.40. The number of benzene rings is 1. The largest absolute Gasteiger partial charge is 0.338 e. The van der Waals surface area contributed by atoms with Crippen LogP contribution in [0, 0.1) is 5.92 Å². The molecule has 4 nitrogen and oxygen atoms in total. The lowest BCUT2D eigenvalue weighted by molar-refractivity contribution is 0.223. The Morgan fingerprint density at radius 1 is 1.33 bits per heavy atom. The molecule has 0 aliphatic heterocycles. The van der Waals surface area contributed by atoms with Crippen molar-refractivity contribution in [1.29, 1.82) is 0 Å². The van der Waals surface area contributed by atoms with Crippen LogP contribution in [0.4, 0.5) is 4.79 Å². The molecule has 21 heavy (non-hydrogen) atoms. The fraction of sp³-hybridized carbons (Fsp3) is 0.562. The predicted octanol–water partition coefficient (Wildman–Crippen LogP) is 2.25. The number of amides is 2. The number of carbonyl (C=O) groups is 1. The van der Waals surface area contributed by atoms with Crippen molar-refractivity contribution in [2.45, 2.75) is 31.7 Å². The Morgan fingerprint density at radius 2 is 2.00 bits per heavy atom. The van der Waals surface area contributed by atoms with Gasteiger partial charge in [0, 0.05) is 35.4 Å². The molecule has 5 heteroatoms. The Bertz CT molecular complexity index is 486. The summed E-state index contributed by atoms with van der Waals surface area (Å²) in [6, 6.07) is 10.3. The summed E-state index contributed by atoms with van der Waals surface area (Å²) in [6.45, 7) is 2.59. The molecule has 1 aliphatic carbocycles. The Labute approximate surface area is 129 Å². The van der Waals surface area contributed by atoms with Crippen molar-refractivity contribution in [2.75, 3.05) is 18.6 Å². The van der Waals surface area contributed by atoms with Crippen LogP contribution in [0.15, 0.2) is 30.3 Å². The smallest absolute Gasteiger partial charge is 0.315 e. The number of carbonyl (C=O) groups excluding carboxylic acids is 1. The third-order valence-electron chi connectivity index (χ3n) is 3.92. The molecule has 116 valence electrons. The lowest BCUT2D eigenvalue weighted by Crippen LogP contribution is -2.45. The van der Waals surface area contributed by atoms with E-state index >= 15 is 0 Å². The van der Waals surface area contributed by atoms with Crippen LogP contribution in [0.2, 0.25) is 0 Å². The molecule has 2 N–H and O–H groups in total.